The smallest absolute Gasteiger partial charge is 0.123 e. The van der Waals surface area contributed by atoms with Crippen LogP contribution in [0.2, 0.25) is 0 Å². The van der Waals surface area contributed by atoms with Crippen molar-refractivity contribution in [3.63, 3.8) is 0 Å². The average molecular weight is 146 g/mol. The normalized spacial score (nSPS) is 21.5. The molecule has 0 bridgehead atoms. The molecule has 0 spiro atoms. The van der Waals surface area contributed by atoms with E-state index in [4.69, 9.17) is 4.74 Å². The molecule has 1 nitrogen and oxygen atoms in total. The molecule has 1 heteroatoms. The van der Waals surface area contributed by atoms with E-state index in [2.05, 4.69) is 6.58 Å². The number of benzene rings is 1. The largest absolute Gasteiger partial charge is 0.486 e. The Kier molecular flexibility index (Phi) is 1.42. The molecule has 0 radical (unpaired) electrons. The van der Waals surface area contributed by atoms with Gasteiger partial charge in [-0.2, -0.15) is 0 Å². The fourth-order valence-corrected chi connectivity index (χ4v) is 0.968. The van der Waals surface area contributed by atoms with Crippen molar-refractivity contribution >= 4 is 0 Å². The zero-order valence-electron chi connectivity index (χ0n) is 6.29. The van der Waals surface area contributed by atoms with Crippen LogP contribution in [0.4, 0.5) is 0 Å². The monoisotopic (exact) mass is 146 g/mol. The molecule has 0 N–H and O–H groups in total. The van der Waals surface area contributed by atoms with Crippen LogP contribution in [0.5, 0.6) is 5.75 Å². The van der Waals surface area contributed by atoms with E-state index in [0.29, 0.717) is 0 Å². The summed E-state index contributed by atoms with van der Waals surface area (Å²) in [6, 6.07) is 9.85. The third-order valence-electron chi connectivity index (χ3n) is 1.76. The van der Waals surface area contributed by atoms with Crippen LogP contribution in [0.25, 0.3) is 0 Å². The number of ether oxygens (including phenoxy) is 1. The van der Waals surface area contributed by atoms with Gasteiger partial charge in [0.2, 0.25) is 0 Å². The van der Waals surface area contributed by atoms with Gasteiger partial charge in [0.15, 0.2) is 0 Å². The van der Waals surface area contributed by atoms with Gasteiger partial charge in [0.25, 0.3) is 0 Å². The van der Waals surface area contributed by atoms with Crippen molar-refractivity contribution in [2.75, 3.05) is 0 Å². The lowest BCUT2D eigenvalue weighted by molar-refractivity contribution is 0.314. The van der Waals surface area contributed by atoms with Crippen molar-refractivity contribution in [2.45, 2.75) is 12.5 Å². The molecule has 1 aliphatic carbocycles. The average Bonchev–Trinajstić information content (AvgIpc) is 2.69. The van der Waals surface area contributed by atoms with Crippen LogP contribution < -0.4 is 4.74 Å². The zero-order chi connectivity index (χ0) is 7.68. The van der Waals surface area contributed by atoms with Crippen molar-refractivity contribution < 1.29 is 4.74 Å². The summed E-state index contributed by atoms with van der Waals surface area (Å²) in [5.74, 6) is 0.941. The molecule has 0 heterocycles. The van der Waals surface area contributed by atoms with Crippen LogP contribution in [0.15, 0.2) is 42.5 Å². The fraction of sp³-hybridized carbons (Fsp3) is 0.200. The zero-order valence-corrected chi connectivity index (χ0v) is 6.29. The van der Waals surface area contributed by atoms with Gasteiger partial charge in [-0.25, -0.2) is 0 Å². The Bertz CT molecular complexity index is 263. The summed E-state index contributed by atoms with van der Waals surface area (Å²) in [6.45, 7) is 3.82. The molecule has 1 saturated carbocycles. The van der Waals surface area contributed by atoms with E-state index in [1.165, 1.54) is 5.57 Å². The first-order chi connectivity index (χ1) is 5.36. The second-order valence-corrected chi connectivity index (χ2v) is 2.78. The lowest BCUT2D eigenvalue weighted by Gasteiger charge is -2.01. The molecule has 1 atom stereocenters. The van der Waals surface area contributed by atoms with Gasteiger partial charge in [0.05, 0.1) is 0 Å². The fourth-order valence-electron chi connectivity index (χ4n) is 0.968. The summed E-state index contributed by atoms with van der Waals surface area (Å²) in [5, 5.41) is 0. The van der Waals surface area contributed by atoms with Crippen LogP contribution in [-0.4, -0.2) is 6.10 Å². The number of hydrogen-bond acceptors (Lipinski definition) is 1. The van der Waals surface area contributed by atoms with Gasteiger partial charge in [0.1, 0.15) is 11.9 Å². The molecule has 1 aromatic rings. The Morgan fingerprint density at radius 2 is 1.91 bits per heavy atom. The summed E-state index contributed by atoms with van der Waals surface area (Å²) in [5.41, 5.74) is 1.20. The van der Waals surface area contributed by atoms with Crippen LogP contribution in [0, 0.1) is 0 Å². The van der Waals surface area contributed by atoms with Crippen molar-refractivity contribution in [3.8, 4) is 5.75 Å². The number of hydrogen-bond donors (Lipinski definition) is 0. The van der Waals surface area contributed by atoms with E-state index in [1.807, 2.05) is 30.3 Å². The standard InChI is InChI=1S/C10H10O/c1-8-7-10(8)11-9-5-3-2-4-6-9/h2-6,10H,1,7H2. The van der Waals surface area contributed by atoms with Crippen molar-refractivity contribution in [2.24, 2.45) is 0 Å². The highest BCUT2D eigenvalue weighted by Gasteiger charge is 2.29. The number of rotatable bonds is 2. The van der Waals surface area contributed by atoms with Crippen LogP contribution in [0.3, 0.4) is 0 Å². The van der Waals surface area contributed by atoms with E-state index in [-0.39, 0.29) is 6.10 Å². The minimum Gasteiger partial charge on any atom is -0.486 e. The molecule has 0 aliphatic heterocycles. The Morgan fingerprint density at radius 3 is 2.45 bits per heavy atom. The van der Waals surface area contributed by atoms with E-state index in [1.54, 1.807) is 0 Å². The quantitative estimate of drug-likeness (QED) is 0.582. The molecule has 2 rings (SSSR count). The minimum atomic E-state index is 0.289. The molecule has 11 heavy (non-hydrogen) atoms. The van der Waals surface area contributed by atoms with Gasteiger partial charge in [-0.15, -0.1) is 0 Å². The third kappa shape index (κ3) is 1.43. The molecule has 0 saturated heterocycles. The summed E-state index contributed by atoms with van der Waals surface area (Å²) >= 11 is 0. The maximum Gasteiger partial charge on any atom is 0.123 e. The SMILES string of the molecule is C=C1CC1Oc1ccccc1. The van der Waals surface area contributed by atoms with Gasteiger partial charge >= 0.3 is 0 Å². The Morgan fingerprint density at radius 1 is 1.27 bits per heavy atom. The van der Waals surface area contributed by atoms with Gasteiger partial charge < -0.3 is 4.74 Å². The molecule has 1 aromatic carbocycles. The minimum absolute atomic E-state index is 0.289. The first-order valence-electron chi connectivity index (χ1n) is 3.75. The van der Waals surface area contributed by atoms with Crippen LogP contribution in [-0.2, 0) is 0 Å². The summed E-state index contributed by atoms with van der Waals surface area (Å²) in [7, 11) is 0. The van der Waals surface area contributed by atoms with E-state index in [9.17, 15) is 0 Å². The van der Waals surface area contributed by atoms with Crippen LogP contribution >= 0.6 is 0 Å². The van der Waals surface area contributed by atoms with Crippen molar-refractivity contribution in [1.82, 2.24) is 0 Å². The Labute approximate surface area is 66.3 Å². The highest BCUT2D eigenvalue weighted by Crippen LogP contribution is 2.31. The second kappa shape index (κ2) is 2.42. The Hall–Kier alpha value is -1.24. The summed E-state index contributed by atoms with van der Waals surface area (Å²) in [6.07, 6.45) is 1.31. The molecule has 1 aliphatic rings. The predicted molar refractivity (Wildman–Crippen MR) is 44.6 cm³/mol. The number of para-hydroxylation sites is 1. The van der Waals surface area contributed by atoms with Crippen molar-refractivity contribution in [1.29, 1.82) is 0 Å². The second-order valence-electron chi connectivity index (χ2n) is 2.78. The van der Waals surface area contributed by atoms with E-state index in [0.717, 1.165) is 12.2 Å². The molecule has 56 valence electrons. The Balaban J connectivity index is 2.02. The van der Waals surface area contributed by atoms with Gasteiger partial charge in [-0.1, -0.05) is 24.8 Å². The topological polar surface area (TPSA) is 9.23 Å². The van der Waals surface area contributed by atoms with Crippen molar-refractivity contribution in [3.05, 3.63) is 42.5 Å². The summed E-state index contributed by atoms with van der Waals surface area (Å²) < 4.78 is 5.54. The van der Waals surface area contributed by atoms with E-state index >= 15 is 0 Å². The molecule has 1 fully saturated rings. The predicted octanol–water partition coefficient (Wildman–Crippen LogP) is 2.39. The molecule has 1 unspecified atom stereocenters. The maximum atomic E-state index is 5.54. The first kappa shape index (κ1) is 6.47. The molecule has 0 aromatic heterocycles. The van der Waals surface area contributed by atoms with Gasteiger partial charge in [0, 0.05) is 6.42 Å². The molecular formula is C10H10O. The first-order valence-corrected chi connectivity index (χ1v) is 3.75. The summed E-state index contributed by atoms with van der Waals surface area (Å²) in [4.78, 5) is 0. The van der Waals surface area contributed by atoms with Gasteiger partial charge in [-0.05, 0) is 17.7 Å². The lowest BCUT2D eigenvalue weighted by atomic mass is 10.3. The highest BCUT2D eigenvalue weighted by atomic mass is 16.5. The third-order valence-corrected chi connectivity index (χ3v) is 1.76. The van der Waals surface area contributed by atoms with Gasteiger partial charge in [-0.3, -0.25) is 0 Å². The maximum absolute atomic E-state index is 5.54. The highest BCUT2D eigenvalue weighted by molar-refractivity contribution is 5.28. The van der Waals surface area contributed by atoms with Crippen LogP contribution in [0.1, 0.15) is 6.42 Å². The molecule has 0 amide bonds. The molecular weight excluding hydrogens is 136 g/mol. The lowest BCUT2D eigenvalue weighted by Crippen LogP contribution is -1.95. The van der Waals surface area contributed by atoms with E-state index < -0.39 is 0 Å².